The Morgan fingerprint density at radius 3 is 2.43 bits per heavy atom. The van der Waals surface area contributed by atoms with E-state index in [4.69, 9.17) is 10.00 Å². The van der Waals surface area contributed by atoms with Crippen molar-refractivity contribution in [1.29, 1.82) is 5.26 Å². The van der Waals surface area contributed by atoms with Crippen molar-refractivity contribution < 1.29 is 17.9 Å². The van der Waals surface area contributed by atoms with E-state index in [2.05, 4.69) is 4.90 Å². The molecule has 0 atom stereocenters. The summed E-state index contributed by atoms with van der Waals surface area (Å²) >= 11 is 0. The average Bonchev–Trinajstić information content (AvgIpc) is 2.93. The lowest BCUT2D eigenvalue weighted by molar-refractivity contribution is -0.137. The summed E-state index contributed by atoms with van der Waals surface area (Å²) in [5, 5.41) is 8.96. The van der Waals surface area contributed by atoms with E-state index < -0.39 is 11.7 Å². The first-order valence-electron chi connectivity index (χ1n) is 9.12. The van der Waals surface area contributed by atoms with Gasteiger partial charge < -0.3 is 9.64 Å². The summed E-state index contributed by atoms with van der Waals surface area (Å²) in [6, 6.07) is 13.5. The molecule has 0 aliphatic carbocycles. The van der Waals surface area contributed by atoms with Crippen LogP contribution >= 0.6 is 0 Å². The zero-order valence-corrected chi connectivity index (χ0v) is 15.7. The number of hydrogen-bond acceptors (Lipinski definition) is 4. The van der Waals surface area contributed by atoms with Crippen molar-refractivity contribution in [3.8, 4) is 11.8 Å². The normalized spacial score (nSPS) is 15.8. The molecule has 0 aromatic heterocycles. The minimum absolute atomic E-state index is 0.341. The highest BCUT2D eigenvalue weighted by atomic mass is 19.4. The van der Waals surface area contributed by atoms with E-state index in [1.165, 1.54) is 11.6 Å². The smallest absolute Gasteiger partial charge is 0.417 e. The highest BCUT2D eigenvalue weighted by molar-refractivity contribution is 5.55. The number of benzene rings is 2. The third-order valence-electron chi connectivity index (χ3n) is 4.95. The van der Waals surface area contributed by atoms with Crippen LogP contribution in [0.1, 0.15) is 23.1 Å². The fourth-order valence-electron chi connectivity index (χ4n) is 3.44. The molecule has 0 amide bonds. The fraction of sp³-hybridized carbons (Fsp3) is 0.381. The second-order valence-electron chi connectivity index (χ2n) is 6.80. The first-order valence-corrected chi connectivity index (χ1v) is 9.12. The second-order valence-corrected chi connectivity index (χ2v) is 6.80. The van der Waals surface area contributed by atoms with E-state index in [0.717, 1.165) is 37.9 Å². The second kappa shape index (κ2) is 8.53. The molecular formula is C21H22F3N3O. The first-order chi connectivity index (χ1) is 13.4. The molecule has 0 N–H and O–H groups in total. The van der Waals surface area contributed by atoms with Crippen molar-refractivity contribution in [1.82, 2.24) is 4.90 Å². The molecular weight excluding hydrogens is 367 g/mol. The van der Waals surface area contributed by atoms with Crippen LogP contribution in [0.5, 0.6) is 5.75 Å². The summed E-state index contributed by atoms with van der Waals surface area (Å²) in [5.74, 6) is 0.812. The lowest BCUT2D eigenvalue weighted by Gasteiger charge is -2.25. The van der Waals surface area contributed by atoms with Crippen molar-refractivity contribution in [2.45, 2.75) is 19.1 Å². The Bertz CT molecular complexity index is 843. The molecule has 7 heteroatoms. The molecule has 1 heterocycles. The van der Waals surface area contributed by atoms with Gasteiger partial charge in [-0.25, -0.2) is 0 Å². The molecule has 1 aliphatic rings. The van der Waals surface area contributed by atoms with E-state index in [1.54, 1.807) is 19.2 Å². The highest BCUT2D eigenvalue weighted by Crippen LogP contribution is 2.34. The zero-order chi connectivity index (χ0) is 20.1. The van der Waals surface area contributed by atoms with Crippen molar-refractivity contribution >= 4 is 5.69 Å². The molecule has 0 spiro atoms. The zero-order valence-electron chi connectivity index (χ0n) is 15.7. The van der Waals surface area contributed by atoms with Gasteiger partial charge >= 0.3 is 6.18 Å². The van der Waals surface area contributed by atoms with Crippen LogP contribution in [0.25, 0.3) is 0 Å². The van der Waals surface area contributed by atoms with Crippen LogP contribution in [-0.2, 0) is 12.7 Å². The Kier molecular flexibility index (Phi) is 6.10. The van der Waals surface area contributed by atoms with Crippen molar-refractivity contribution in [3.05, 3.63) is 59.2 Å². The van der Waals surface area contributed by atoms with Gasteiger partial charge in [0.05, 0.1) is 24.3 Å². The minimum Gasteiger partial charge on any atom is -0.497 e. The largest absolute Gasteiger partial charge is 0.497 e. The molecule has 3 rings (SSSR count). The lowest BCUT2D eigenvalue weighted by Crippen LogP contribution is -2.30. The fourth-order valence-corrected chi connectivity index (χ4v) is 3.44. The van der Waals surface area contributed by atoms with Gasteiger partial charge in [-0.05, 0) is 42.3 Å². The van der Waals surface area contributed by atoms with Crippen LogP contribution in [0.2, 0.25) is 0 Å². The van der Waals surface area contributed by atoms with Crippen LogP contribution < -0.4 is 9.64 Å². The molecule has 0 unspecified atom stereocenters. The number of methoxy groups -OCH3 is 1. The maximum absolute atomic E-state index is 13.2. The lowest BCUT2D eigenvalue weighted by atomic mass is 10.1. The third-order valence-corrected chi connectivity index (χ3v) is 4.95. The molecule has 0 radical (unpaired) electrons. The SMILES string of the molecule is COc1ccc(CN2CCCN(c3ccc(C#N)c(C(F)(F)F)c3)CC2)cc1. The predicted molar refractivity (Wildman–Crippen MR) is 101 cm³/mol. The summed E-state index contributed by atoms with van der Waals surface area (Å²) in [6.45, 7) is 3.75. The number of ether oxygens (including phenoxy) is 1. The number of rotatable bonds is 4. The van der Waals surface area contributed by atoms with E-state index >= 15 is 0 Å². The van der Waals surface area contributed by atoms with Gasteiger partial charge in [0.2, 0.25) is 0 Å². The number of halogens is 3. The summed E-state index contributed by atoms with van der Waals surface area (Å²) < 4.78 is 44.9. The molecule has 0 saturated carbocycles. The molecule has 1 fully saturated rings. The van der Waals surface area contributed by atoms with Gasteiger partial charge in [0.25, 0.3) is 0 Å². The van der Waals surface area contributed by atoms with E-state index in [-0.39, 0.29) is 5.56 Å². The van der Waals surface area contributed by atoms with Crippen molar-refractivity contribution in [3.63, 3.8) is 0 Å². The number of anilines is 1. The van der Waals surface area contributed by atoms with Gasteiger partial charge in [0.15, 0.2) is 0 Å². The van der Waals surface area contributed by atoms with Crippen molar-refractivity contribution in [2.24, 2.45) is 0 Å². The number of alkyl halides is 3. The Morgan fingerprint density at radius 2 is 1.79 bits per heavy atom. The Labute approximate surface area is 162 Å². The summed E-state index contributed by atoms with van der Waals surface area (Å²) in [7, 11) is 1.63. The Hall–Kier alpha value is -2.72. The number of nitrogens with zero attached hydrogens (tertiary/aromatic N) is 3. The molecule has 148 valence electrons. The van der Waals surface area contributed by atoms with Crippen LogP contribution in [0.4, 0.5) is 18.9 Å². The van der Waals surface area contributed by atoms with Gasteiger partial charge in [-0.1, -0.05) is 12.1 Å². The van der Waals surface area contributed by atoms with Crippen molar-refractivity contribution in [2.75, 3.05) is 38.2 Å². The quantitative estimate of drug-likeness (QED) is 0.782. The monoisotopic (exact) mass is 389 g/mol. The molecule has 28 heavy (non-hydrogen) atoms. The molecule has 1 saturated heterocycles. The van der Waals surface area contributed by atoms with E-state index in [1.807, 2.05) is 29.2 Å². The molecule has 2 aromatic rings. The Morgan fingerprint density at radius 1 is 1.04 bits per heavy atom. The summed E-state index contributed by atoms with van der Waals surface area (Å²) in [4.78, 5) is 4.26. The van der Waals surface area contributed by atoms with Crippen LogP contribution in [0, 0.1) is 11.3 Å². The third kappa shape index (κ3) is 4.76. The highest BCUT2D eigenvalue weighted by Gasteiger charge is 2.34. The maximum atomic E-state index is 13.2. The first kappa shape index (κ1) is 20.0. The van der Waals surface area contributed by atoms with E-state index in [0.29, 0.717) is 18.8 Å². The molecule has 2 aromatic carbocycles. The summed E-state index contributed by atoms with van der Waals surface area (Å²) in [5.41, 5.74) is 0.476. The van der Waals surface area contributed by atoms with Crippen LogP contribution in [0.3, 0.4) is 0 Å². The van der Waals surface area contributed by atoms with Gasteiger partial charge in [0, 0.05) is 38.4 Å². The van der Waals surface area contributed by atoms with Crippen LogP contribution in [-0.4, -0.2) is 38.2 Å². The Balaban J connectivity index is 1.69. The van der Waals surface area contributed by atoms with Gasteiger partial charge in [-0.15, -0.1) is 0 Å². The topological polar surface area (TPSA) is 39.5 Å². The number of nitriles is 1. The van der Waals surface area contributed by atoms with Crippen LogP contribution in [0.15, 0.2) is 42.5 Å². The van der Waals surface area contributed by atoms with E-state index in [9.17, 15) is 13.2 Å². The predicted octanol–water partition coefficient (Wildman–Crippen LogP) is 4.30. The number of hydrogen-bond donors (Lipinski definition) is 0. The average molecular weight is 389 g/mol. The van der Waals surface area contributed by atoms with Gasteiger partial charge in [-0.3, -0.25) is 4.90 Å². The van der Waals surface area contributed by atoms with Gasteiger partial charge in [-0.2, -0.15) is 18.4 Å². The standard InChI is InChI=1S/C21H22F3N3O/c1-28-19-7-3-16(4-8-19)15-26-9-2-10-27(12-11-26)18-6-5-17(14-25)20(13-18)21(22,23)24/h3-8,13H,2,9-12,15H2,1H3. The van der Waals surface area contributed by atoms with Gasteiger partial charge in [0.1, 0.15) is 5.75 Å². The maximum Gasteiger partial charge on any atom is 0.417 e. The molecule has 4 nitrogen and oxygen atoms in total. The molecule has 0 bridgehead atoms. The molecule has 1 aliphatic heterocycles. The summed E-state index contributed by atoms with van der Waals surface area (Å²) in [6.07, 6.45) is -3.68. The minimum atomic E-state index is -4.53.